The fraction of sp³-hybridized carbons (Fsp3) is 0.395. The first kappa shape index (κ1) is 40.2. The van der Waals surface area contributed by atoms with Gasteiger partial charge in [-0.05, 0) is 102 Å². The maximum Gasteiger partial charge on any atom is 0.328 e. The van der Waals surface area contributed by atoms with Crippen LogP contribution in [-0.2, 0) is 38.7 Å². The average molecular weight is 706 g/mol. The molecule has 13 heteroatoms. The number of likely N-dealkylation sites (tertiary alicyclic amines) is 1. The number of carbonyl (C=O) groups is 4. The van der Waals surface area contributed by atoms with Gasteiger partial charge >= 0.3 is 23.9 Å². The molecule has 1 aliphatic heterocycles. The number of aliphatic carboxylic acids is 4. The number of fused-ring (bicyclic) bond motifs is 1. The van der Waals surface area contributed by atoms with Crippen LogP contribution >= 0.6 is 0 Å². The van der Waals surface area contributed by atoms with Crippen LogP contribution in [0.4, 0.5) is 0 Å². The van der Waals surface area contributed by atoms with E-state index in [0.29, 0.717) is 24.3 Å². The molecule has 1 saturated heterocycles. The SMILES string of the molecule is CN(C)Cc1c(OC2C=CCCC2)ccc2c(CCC3CCN(Cc4ccccc4)CC3)noc12.O=C(O)/C=C/C(=O)O.O=C(O)/C=C/C(=O)O. The molecule has 1 fully saturated rings. The van der Waals surface area contributed by atoms with Crippen molar-refractivity contribution in [2.75, 3.05) is 27.2 Å². The summed E-state index contributed by atoms with van der Waals surface area (Å²) >= 11 is 0. The first-order chi connectivity index (χ1) is 24.4. The van der Waals surface area contributed by atoms with Gasteiger partial charge in [-0.3, -0.25) is 4.90 Å². The quantitative estimate of drug-likeness (QED) is 0.126. The molecule has 51 heavy (non-hydrogen) atoms. The first-order valence-electron chi connectivity index (χ1n) is 16.8. The molecular formula is C38H47N3O10. The van der Waals surface area contributed by atoms with Crippen molar-refractivity contribution in [2.45, 2.75) is 64.1 Å². The Bertz CT molecular complexity index is 1610. The topological polar surface area (TPSA) is 191 Å². The number of nitrogens with zero attached hydrogens (tertiary/aromatic N) is 3. The second kappa shape index (κ2) is 21.1. The number of hydrogen-bond donors (Lipinski definition) is 4. The smallest absolute Gasteiger partial charge is 0.328 e. The van der Waals surface area contributed by atoms with Crippen LogP contribution < -0.4 is 4.74 Å². The Morgan fingerprint density at radius 1 is 0.882 bits per heavy atom. The van der Waals surface area contributed by atoms with E-state index in [4.69, 9.17) is 29.7 Å². The molecule has 0 saturated carbocycles. The van der Waals surface area contributed by atoms with Gasteiger partial charge in [0.25, 0.3) is 0 Å². The predicted octanol–water partition coefficient (Wildman–Crippen LogP) is 5.65. The van der Waals surface area contributed by atoms with Gasteiger partial charge in [0.2, 0.25) is 0 Å². The van der Waals surface area contributed by atoms with E-state index in [0.717, 1.165) is 66.2 Å². The van der Waals surface area contributed by atoms with E-state index in [1.54, 1.807) is 0 Å². The molecule has 1 atom stereocenters. The number of carboxylic acids is 4. The highest BCUT2D eigenvalue weighted by Crippen LogP contribution is 2.34. The molecule has 274 valence electrons. The molecule has 2 aromatic carbocycles. The zero-order chi connectivity index (χ0) is 37.2. The molecule has 1 unspecified atom stereocenters. The van der Waals surface area contributed by atoms with E-state index in [-0.39, 0.29) is 6.10 Å². The highest BCUT2D eigenvalue weighted by Gasteiger charge is 2.23. The Morgan fingerprint density at radius 2 is 1.49 bits per heavy atom. The van der Waals surface area contributed by atoms with E-state index in [2.05, 4.69) is 83.7 Å². The molecule has 0 bridgehead atoms. The van der Waals surface area contributed by atoms with Crippen LogP contribution in [0, 0.1) is 5.92 Å². The third-order valence-corrected chi connectivity index (χ3v) is 8.22. The van der Waals surface area contributed by atoms with Crippen LogP contribution in [0.15, 0.2) is 83.4 Å². The van der Waals surface area contributed by atoms with E-state index >= 15 is 0 Å². The maximum absolute atomic E-state index is 9.55. The van der Waals surface area contributed by atoms with Crippen molar-refractivity contribution < 1.29 is 48.9 Å². The van der Waals surface area contributed by atoms with Crippen molar-refractivity contribution in [1.29, 1.82) is 0 Å². The zero-order valence-electron chi connectivity index (χ0n) is 29.0. The van der Waals surface area contributed by atoms with Gasteiger partial charge in [-0.1, -0.05) is 41.6 Å². The Balaban J connectivity index is 0.000000366. The second-order valence-electron chi connectivity index (χ2n) is 12.6. The summed E-state index contributed by atoms with van der Waals surface area (Å²) in [6.07, 6.45) is 14.9. The van der Waals surface area contributed by atoms with E-state index in [9.17, 15) is 19.2 Å². The number of hydrogen-bond acceptors (Lipinski definition) is 9. The van der Waals surface area contributed by atoms with Crippen LogP contribution in [0.5, 0.6) is 5.75 Å². The minimum atomic E-state index is -1.26. The van der Waals surface area contributed by atoms with Crippen LogP contribution in [0.25, 0.3) is 11.0 Å². The summed E-state index contributed by atoms with van der Waals surface area (Å²) in [5.74, 6) is -3.34. The summed E-state index contributed by atoms with van der Waals surface area (Å²) in [6, 6.07) is 15.1. The number of carboxylic acid groups (broad SMARTS) is 4. The second-order valence-corrected chi connectivity index (χ2v) is 12.6. The lowest BCUT2D eigenvalue weighted by Gasteiger charge is -2.32. The van der Waals surface area contributed by atoms with Crippen LogP contribution in [0.2, 0.25) is 0 Å². The van der Waals surface area contributed by atoms with Crippen molar-refractivity contribution in [2.24, 2.45) is 5.92 Å². The molecule has 2 heterocycles. The van der Waals surface area contributed by atoms with Crippen molar-refractivity contribution in [3.8, 4) is 5.75 Å². The van der Waals surface area contributed by atoms with Gasteiger partial charge in [-0.15, -0.1) is 0 Å². The molecule has 5 rings (SSSR count). The van der Waals surface area contributed by atoms with Gasteiger partial charge in [0, 0.05) is 42.8 Å². The van der Waals surface area contributed by atoms with Crippen LogP contribution in [-0.4, -0.2) is 92.5 Å². The number of allylic oxidation sites excluding steroid dienone is 1. The molecular weight excluding hydrogens is 658 g/mol. The fourth-order valence-electron chi connectivity index (χ4n) is 5.79. The monoisotopic (exact) mass is 705 g/mol. The number of ether oxygens (including phenoxy) is 1. The zero-order valence-corrected chi connectivity index (χ0v) is 29.0. The van der Waals surface area contributed by atoms with Gasteiger partial charge in [0.05, 0.1) is 11.3 Å². The fourth-order valence-corrected chi connectivity index (χ4v) is 5.79. The third kappa shape index (κ3) is 15.0. The first-order valence-corrected chi connectivity index (χ1v) is 16.8. The van der Waals surface area contributed by atoms with Crippen LogP contribution in [0.1, 0.15) is 55.3 Å². The van der Waals surface area contributed by atoms with Crippen molar-refractivity contribution in [3.05, 3.63) is 95.7 Å². The number of aromatic nitrogens is 1. The standard InChI is InChI=1S/C30H39N3O2.2C4H4O4/c1-32(2)22-27-29(34-25-11-7-4-8-12-25)16-14-26-28(31-35-30(26)27)15-13-23-17-19-33(20-18-23)21-24-9-5-3-6-10-24;2*5-3(6)1-2-4(7)8/h3,5-7,9-11,14,16,23,25H,4,8,12-13,15,17-22H2,1-2H3;2*1-2H,(H,5,6)(H,7,8)/b;2*2-1+. The summed E-state index contributed by atoms with van der Waals surface area (Å²) in [7, 11) is 4.18. The summed E-state index contributed by atoms with van der Waals surface area (Å²) in [6.45, 7) is 4.21. The molecule has 4 N–H and O–H groups in total. The van der Waals surface area contributed by atoms with Gasteiger partial charge < -0.3 is 34.6 Å². The maximum atomic E-state index is 9.55. The van der Waals surface area contributed by atoms with Gasteiger partial charge in [0.1, 0.15) is 11.9 Å². The third-order valence-electron chi connectivity index (χ3n) is 8.22. The molecule has 1 aliphatic carbocycles. The molecule has 13 nitrogen and oxygen atoms in total. The number of piperidine rings is 1. The minimum absolute atomic E-state index is 0.150. The van der Waals surface area contributed by atoms with Gasteiger partial charge in [0.15, 0.2) is 5.58 Å². The molecule has 0 radical (unpaired) electrons. The molecule has 2 aliphatic rings. The average Bonchev–Trinajstić information content (AvgIpc) is 3.52. The molecule has 0 spiro atoms. The minimum Gasteiger partial charge on any atom is -0.486 e. The number of aryl methyl sites for hydroxylation is 1. The Kier molecular flexibility index (Phi) is 16.6. The Hall–Kier alpha value is -5.27. The van der Waals surface area contributed by atoms with E-state index in [1.807, 2.05) is 0 Å². The molecule has 0 amide bonds. The Labute approximate surface area is 297 Å². The van der Waals surface area contributed by atoms with Crippen molar-refractivity contribution >= 4 is 34.8 Å². The van der Waals surface area contributed by atoms with Gasteiger partial charge in [-0.2, -0.15) is 0 Å². The highest BCUT2D eigenvalue weighted by molar-refractivity contribution is 5.90. The van der Waals surface area contributed by atoms with Crippen LogP contribution in [0.3, 0.4) is 0 Å². The predicted molar refractivity (Wildman–Crippen MR) is 190 cm³/mol. The normalized spacial score (nSPS) is 16.4. The van der Waals surface area contributed by atoms with Crippen molar-refractivity contribution in [1.82, 2.24) is 15.0 Å². The largest absolute Gasteiger partial charge is 0.486 e. The number of benzene rings is 2. The van der Waals surface area contributed by atoms with E-state index in [1.165, 1.54) is 44.3 Å². The lowest BCUT2D eigenvalue weighted by Crippen LogP contribution is -2.33. The summed E-state index contributed by atoms with van der Waals surface area (Å²) in [5, 5.41) is 36.9. The van der Waals surface area contributed by atoms with Crippen molar-refractivity contribution in [3.63, 3.8) is 0 Å². The summed E-state index contributed by atoms with van der Waals surface area (Å²) in [5.41, 5.74) is 4.51. The summed E-state index contributed by atoms with van der Waals surface area (Å²) in [4.78, 5) is 43.0. The number of rotatable bonds is 13. The van der Waals surface area contributed by atoms with E-state index < -0.39 is 23.9 Å². The lowest BCUT2D eigenvalue weighted by atomic mass is 9.91. The molecule has 1 aromatic heterocycles. The van der Waals surface area contributed by atoms with Gasteiger partial charge in [-0.25, -0.2) is 19.2 Å². The highest BCUT2D eigenvalue weighted by atomic mass is 16.5. The summed E-state index contributed by atoms with van der Waals surface area (Å²) < 4.78 is 12.4. The Morgan fingerprint density at radius 3 is 2.02 bits per heavy atom. The lowest BCUT2D eigenvalue weighted by molar-refractivity contribution is -0.134. The molecule has 3 aromatic rings.